The lowest BCUT2D eigenvalue weighted by molar-refractivity contribution is 0.141. The predicted octanol–water partition coefficient (Wildman–Crippen LogP) is 3.13. The minimum Gasteiger partial charge on any atom is -0.317 e. The molecule has 0 amide bonds. The van der Waals surface area contributed by atoms with Crippen LogP contribution in [-0.2, 0) is 0 Å². The van der Waals surface area contributed by atoms with Gasteiger partial charge in [-0.2, -0.15) is 0 Å². The molecule has 0 aromatic heterocycles. The smallest absolute Gasteiger partial charge is 0.0105 e. The molecule has 0 saturated heterocycles. The highest BCUT2D eigenvalue weighted by molar-refractivity contribution is 4.88. The van der Waals surface area contributed by atoms with Crippen LogP contribution in [0.25, 0.3) is 0 Å². The molecule has 0 heterocycles. The van der Waals surface area contributed by atoms with Gasteiger partial charge in [-0.3, -0.25) is 0 Å². The Morgan fingerprint density at radius 1 is 0.895 bits per heavy atom. The summed E-state index contributed by atoms with van der Waals surface area (Å²) in [4.78, 5) is 2.84. The monoisotopic (exact) mass is 264 g/mol. The van der Waals surface area contributed by atoms with Crippen molar-refractivity contribution in [1.82, 2.24) is 10.2 Å². The van der Waals surface area contributed by atoms with Crippen LogP contribution in [0.4, 0.5) is 0 Å². The molecule has 3 atom stereocenters. The normalized spacial score (nSPS) is 35.8. The SMILES string of the molecule is CNC1CCC(C)CC1CN(CC1CC1)CC1CC1. The number of hydrogen-bond donors (Lipinski definition) is 1. The van der Waals surface area contributed by atoms with E-state index in [1.54, 1.807) is 0 Å². The molecule has 0 aromatic carbocycles. The lowest BCUT2D eigenvalue weighted by Crippen LogP contribution is -2.45. The van der Waals surface area contributed by atoms with Crippen molar-refractivity contribution in [2.24, 2.45) is 23.7 Å². The van der Waals surface area contributed by atoms with Crippen molar-refractivity contribution >= 4 is 0 Å². The summed E-state index contributed by atoms with van der Waals surface area (Å²) in [5.74, 6) is 3.94. The third-order valence-corrected chi connectivity index (χ3v) is 5.53. The van der Waals surface area contributed by atoms with E-state index in [2.05, 4.69) is 24.2 Å². The van der Waals surface area contributed by atoms with E-state index in [4.69, 9.17) is 0 Å². The van der Waals surface area contributed by atoms with Crippen LogP contribution in [0.3, 0.4) is 0 Å². The van der Waals surface area contributed by atoms with Crippen LogP contribution in [0, 0.1) is 23.7 Å². The van der Waals surface area contributed by atoms with Gasteiger partial charge in [0.05, 0.1) is 0 Å². The van der Waals surface area contributed by atoms with Gasteiger partial charge < -0.3 is 10.2 Å². The Morgan fingerprint density at radius 3 is 2.05 bits per heavy atom. The standard InChI is InChI=1S/C17H32N2/c1-13-3-8-17(18-2)16(9-13)12-19(10-14-4-5-14)11-15-6-7-15/h13-18H,3-12H2,1-2H3. The molecular weight excluding hydrogens is 232 g/mol. The molecule has 19 heavy (non-hydrogen) atoms. The van der Waals surface area contributed by atoms with Crippen molar-refractivity contribution in [3.63, 3.8) is 0 Å². The summed E-state index contributed by atoms with van der Waals surface area (Å²) in [5, 5.41) is 3.59. The Bertz CT molecular complexity index is 269. The number of nitrogens with zero attached hydrogens (tertiary/aromatic N) is 1. The maximum atomic E-state index is 3.59. The van der Waals surface area contributed by atoms with Crippen molar-refractivity contribution in [2.45, 2.75) is 57.9 Å². The van der Waals surface area contributed by atoms with Crippen molar-refractivity contribution in [1.29, 1.82) is 0 Å². The van der Waals surface area contributed by atoms with Gasteiger partial charge in [0.1, 0.15) is 0 Å². The number of rotatable bonds is 7. The fourth-order valence-electron chi connectivity index (χ4n) is 3.97. The molecule has 2 heteroatoms. The van der Waals surface area contributed by atoms with Crippen LogP contribution >= 0.6 is 0 Å². The predicted molar refractivity (Wildman–Crippen MR) is 81.2 cm³/mol. The maximum absolute atomic E-state index is 3.59. The Kier molecular flexibility index (Phi) is 4.48. The summed E-state index contributed by atoms with van der Waals surface area (Å²) in [6, 6.07) is 0.775. The maximum Gasteiger partial charge on any atom is 0.0105 e. The molecule has 0 spiro atoms. The summed E-state index contributed by atoms with van der Waals surface area (Å²) in [5.41, 5.74) is 0. The van der Waals surface area contributed by atoms with Crippen LogP contribution in [-0.4, -0.2) is 37.6 Å². The first-order chi connectivity index (χ1) is 9.24. The summed E-state index contributed by atoms with van der Waals surface area (Å²) in [6.45, 7) is 6.61. The molecule has 0 aliphatic heterocycles. The van der Waals surface area contributed by atoms with Crippen molar-refractivity contribution in [3.05, 3.63) is 0 Å². The molecule has 3 saturated carbocycles. The van der Waals surface area contributed by atoms with Gasteiger partial charge in [0.15, 0.2) is 0 Å². The highest BCUT2D eigenvalue weighted by Crippen LogP contribution is 2.36. The van der Waals surface area contributed by atoms with Crippen molar-refractivity contribution in [3.8, 4) is 0 Å². The summed E-state index contributed by atoms with van der Waals surface area (Å²) in [7, 11) is 2.17. The zero-order chi connectivity index (χ0) is 13.2. The van der Waals surface area contributed by atoms with Crippen LogP contribution in [0.5, 0.6) is 0 Å². The summed E-state index contributed by atoms with van der Waals surface area (Å²) >= 11 is 0. The third-order valence-electron chi connectivity index (χ3n) is 5.53. The molecule has 3 aliphatic carbocycles. The average molecular weight is 264 g/mol. The Hall–Kier alpha value is -0.0800. The minimum atomic E-state index is 0.775. The number of hydrogen-bond acceptors (Lipinski definition) is 2. The molecule has 0 aromatic rings. The topological polar surface area (TPSA) is 15.3 Å². The van der Waals surface area contributed by atoms with Gasteiger partial charge >= 0.3 is 0 Å². The van der Waals surface area contributed by atoms with E-state index in [-0.39, 0.29) is 0 Å². The van der Waals surface area contributed by atoms with Crippen molar-refractivity contribution < 1.29 is 0 Å². The molecule has 3 unspecified atom stereocenters. The average Bonchev–Trinajstić information content (AvgIpc) is 3.25. The molecule has 0 bridgehead atoms. The van der Waals surface area contributed by atoms with Gasteiger partial charge in [-0.1, -0.05) is 6.92 Å². The Balaban J connectivity index is 1.54. The highest BCUT2D eigenvalue weighted by atomic mass is 15.1. The second-order valence-electron chi connectivity index (χ2n) is 7.68. The molecule has 3 fully saturated rings. The van der Waals surface area contributed by atoms with E-state index in [1.165, 1.54) is 64.6 Å². The first-order valence-corrected chi connectivity index (χ1v) is 8.64. The van der Waals surface area contributed by atoms with Crippen LogP contribution < -0.4 is 5.32 Å². The van der Waals surface area contributed by atoms with E-state index < -0.39 is 0 Å². The zero-order valence-corrected chi connectivity index (χ0v) is 12.9. The van der Waals surface area contributed by atoms with Crippen LogP contribution in [0.15, 0.2) is 0 Å². The van der Waals surface area contributed by atoms with Crippen molar-refractivity contribution in [2.75, 3.05) is 26.7 Å². The molecule has 3 aliphatic rings. The molecule has 110 valence electrons. The minimum absolute atomic E-state index is 0.775. The second kappa shape index (κ2) is 6.13. The fraction of sp³-hybridized carbons (Fsp3) is 1.00. The van der Waals surface area contributed by atoms with Crippen LogP contribution in [0.1, 0.15) is 51.9 Å². The van der Waals surface area contributed by atoms with Gasteiger partial charge in [-0.15, -0.1) is 0 Å². The first-order valence-electron chi connectivity index (χ1n) is 8.64. The van der Waals surface area contributed by atoms with Gasteiger partial charge in [0.25, 0.3) is 0 Å². The Morgan fingerprint density at radius 2 is 1.53 bits per heavy atom. The zero-order valence-electron chi connectivity index (χ0n) is 12.9. The third kappa shape index (κ3) is 4.19. The van der Waals surface area contributed by atoms with E-state index in [9.17, 15) is 0 Å². The van der Waals surface area contributed by atoms with Gasteiger partial charge in [0, 0.05) is 25.7 Å². The molecule has 0 radical (unpaired) electrons. The quantitative estimate of drug-likeness (QED) is 0.760. The highest BCUT2D eigenvalue weighted by Gasteiger charge is 2.33. The van der Waals surface area contributed by atoms with Gasteiger partial charge in [0.2, 0.25) is 0 Å². The Labute approximate surface area is 119 Å². The second-order valence-corrected chi connectivity index (χ2v) is 7.68. The van der Waals surface area contributed by atoms with Crippen LogP contribution in [0.2, 0.25) is 0 Å². The van der Waals surface area contributed by atoms with E-state index in [0.29, 0.717) is 0 Å². The van der Waals surface area contributed by atoms with Gasteiger partial charge in [-0.25, -0.2) is 0 Å². The van der Waals surface area contributed by atoms with E-state index in [0.717, 1.165) is 29.7 Å². The lowest BCUT2D eigenvalue weighted by atomic mass is 9.78. The van der Waals surface area contributed by atoms with E-state index in [1.807, 2.05) is 0 Å². The largest absolute Gasteiger partial charge is 0.317 e. The molecule has 2 nitrogen and oxygen atoms in total. The molecule has 3 rings (SSSR count). The summed E-state index contributed by atoms with van der Waals surface area (Å²) in [6.07, 6.45) is 10.2. The lowest BCUT2D eigenvalue weighted by Gasteiger charge is -2.38. The van der Waals surface area contributed by atoms with Gasteiger partial charge in [-0.05, 0) is 75.7 Å². The van der Waals surface area contributed by atoms with E-state index >= 15 is 0 Å². The first kappa shape index (κ1) is 13.9. The fourth-order valence-corrected chi connectivity index (χ4v) is 3.97. The summed E-state index contributed by atoms with van der Waals surface area (Å²) < 4.78 is 0. The molecule has 1 N–H and O–H groups in total. The molecular formula is C17H32N2. The number of nitrogens with one attached hydrogen (secondary N) is 1.